The summed E-state index contributed by atoms with van der Waals surface area (Å²) in [4.78, 5) is 0. The predicted octanol–water partition coefficient (Wildman–Crippen LogP) is 3.97. The van der Waals surface area contributed by atoms with Crippen LogP contribution < -0.4 is 5.32 Å². The van der Waals surface area contributed by atoms with Gasteiger partial charge in [0.2, 0.25) is 0 Å². The number of benzene rings is 2. The van der Waals surface area contributed by atoms with Crippen molar-refractivity contribution in [2.45, 2.75) is 19.9 Å². The average Bonchev–Trinajstić information content (AvgIpc) is 2.39. The van der Waals surface area contributed by atoms with Gasteiger partial charge in [0.1, 0.15) is 11.6 Å². The third-order valence-corrected chi connectivity index (χ3v) is 3.05. The molecule has 0 saturated heterocycles. The molecule has 0 aliphatic rings. The van der Waals surface area contributed by atoms with Gasteiger partial charge in [-0.3, -0.25) is 0 Å². The van der Waals surface area contributed by atoms with Gasteiger partial charge in [-0.25, -0.2) is 8.78 Å². The van der Waals surface area contributed by atoms with Crippen LogP contribution in [0.5, 0.6) is 0 Å². The molecular weight excluding hydrogens is 244 g/mol. The second kappa shape index (κ2) is 5.93. The monoisotopic (exact) mass is 261 g/mol. The van der Waals surface area contributed by atoms with Crippen molar-refractivity contribution in [1.29, 1.82) is 0 Å². The molecule has 0 aliphatic heterocycles. The van der Waals surface area contributed by atoms with Gasteiger partial charge in [0.25, 0.3) is 0 Å². The lowest BCUT2D eigenvalue weighted by Gasteiger charge is -2.20. The first kappa shape index (κ1) is 13.7. The SMILES string of the molecule is CCNC(c1cccc(C)c1)c1cc(F)ccc1F. The molecule has 2 aromatic rings. The summed E-state index contributed by atoms with van der Waals surface area (Å²) in [5, 5.41) is 3.20. The molecule has 0 fully saturated rings. The fourth-order valence-electron chi connectivity index (χ4n) is 2.20. The highest BCUT2D eigenvalue weighted by molar-refractivity contribution is 5.35. The van der Waals surface area contributed by atoms with E-state index in [2.05, 4.69) is 5.32 Å². The number of hydrogen-bond donors (Lipinski definition) is 1. The van der Waals surface area contributed by atoms with Crippen LogP contribution in [0.1, 0.15) is 29.7 Å². The molecule has 0 aliphatic carbocycles. The van der Waals surface area contributed by atoms with Crippen molar-refractivity contribution < 1.29 is 8.78 Å². The maximum atomic E-state index is 13.9. The van der Waals surface area contributed by atoms with Crippen molar-refractivity contribution in [3.05, 3.63) is 70.8 Å². The van der Waals surface area contributed by atoms with E-state index in [-0.39, 0.29) is 6.04 Å². The van der Waals surface area contributed by atoms with Gasteiger partial charge in [0.15, 0.2) is 0 Å². The smallest absolute Gasteiger partial charge is 0.128 e. The topological polar surface area (TPSA) is 12.0 Å². The molecule has 2 rings (SSSR count). The first-order valence-corrected chi connectivity index (χ1v) is 6.36. The Morgan fingerprint density at radius 2 is 1.89 bits per heavy atom. The first-order chi connectivity index (χ1) is 9.11. The van der Waals surface area contributed by atoms with Crippen molar-refractivity contribution in [2.24, 2.45) is 0 Å². The Hall–Kier alpha value is -1.74. The van der Waals surface area contributed by atoms with E-state index >= 15 is 0 Å². The highest BCUT2D eigenvalue weighted by atomic mass is 19.1. The first-order valence-electron chi connectivity index (χ1n) is 6.36. The molecule has 2 aromatic carbocycles. The van der Waals surface area contributed by atoms with E-state index in [1.807, 2.05) is 38.1 Å². The third kappa shape index (κ3) is 3.18. The number of halogens is 2. The van der Waals surface area contributed by atoms with Crippen molar-refractivity contribution in [2.75, 3.05) is 6.54 Å². The number of hydrogen-bond acceptors (Lipinski definition) is 1. The largest absolute Gasteiger partial charge is 0.306 e. The van der Waals surface area contributed by atoms with Crippen molar-refractivity contribution in [3.8, 4) is 0 Å². The third-order valence-electron chi connectivity index (χ3n) is 3.05. The van der Waals surface area contributed by atoms with Crippen molar-refractivity contribution in [3.63, 3.8) is 0 Å². The van der Waals surface area contributed by atoms with Gasteiger partial charge < -0.3 is 5.32 Å². The summed E-state index contributed by atoms with van der Waals surface area (Å²) in [5.74, 6) is -0.819. The normalized spacial score (nSPS) is 12.4. The van der Waals surface area contributed by atoms with Crippen LogP contribution in [-0.4, -0.2) is 6.54 Å². The maximum Gasteiger partial charge on any atom is 0.128 e. The van der Waals surface area contributed by atoms with Gasteiger partial charge in [-0.15, -0.1) is 0 Å². The Balaban J connectivity index is 2.48. The van der Waals surface area contributed by atoms with Gasteiger partial charge in [0, 0.05) is 5.56 Å². The lowest BCUT2D eigenvalue weighted by molar-refractivity contribution is 0.544. The zero-order valence-electron chi connectivity index (χ0n) is 11.1. The molecule has 1 N–H and O–H groups in total. The van der Waals surface area contributed by atoms with E-state index in [1.165, 1.54) is 12.1 Å². The zero-order chi connectivity index (χ0) is 13.8. The quantitative estimate of drug-likeness (QED) is 0.878. The molecular formula is C16H17F2N. The Morgan fingerprint density at radius 3 is 2.58 bits per heavy atom. The van der Waals surface area contributed by atoms with Crippen LogP contribution in [0.2, 0.25) is 0 Å². The number of rotatable bonds is 4. The van der Waals surface area contributed by atoms with Crippen LogP contribution in [0.4, 0.5) is 8.78 Å². The maximum absolute atomic E-state index is 13.9. The Labute approximate surface area is 112 Å². The number of nitrogens with one attached hydrogen (secondary N) is 1. The van der Waals surface area contributed by atoms with Crippen molar-refractivity contribution >= 4 is 0 Å². The molecule has 3 heteroatoms. The zero-order valence-corrected chi connectivity index (χ0v) is 11.1. The highest BCUT2D eigenvalue weighted by Gasteiger charge is 2.17. The standard InChI is InChI=1S/C16H17F2N/c1-3-19-16(12-6-4-5-11(2)9-12)14-10-13(17)7-8-15(14)18/h4-10,16,19H,3H2,1-2H3. The summed E-state index contributed by atoms with van der Waals surface area (Å²) in [6.45, 7) is 4.60. The van der Waals surface area contributed by atoms with Crippen LogP contribution in [0, 0.1) is 18.6 Å². The summed E-state index contributed by atoms with van der Waals surface area (Å²) in [6.07, 6.45) is 0. The lowest BCUT2D eigenvalue weighted by atomic mass is 9.96. The van der Waals surface area contributed by atoms with Crippen LogP contribution in [0.25, 0.3) is 0 Å². The molecule has 100 valence electrons. The molecule has 0 spiro atoms. The van der Waals surface area contributed by atoms with E-state index in [0.29, 0.717) is 12.1 Å². The molecule has 0 saturated carbocycles. The summed E-state index contributed by atoms with van der Waals surface area (Å²) in [6, 6.07) is 11.0. The number of aryl methyl sites for hydroxylation is 1. The molecule has 1 atom stereocenters. The minimum atomic E-state index is -0.424. The van der Waals surface area contributed by atoms with Gasteiger partial charge in [-0.2, -0.15) is 0 Å². The molecule has 0 aromatic heterocycles. The Bertz CT molecular complexity index is 566. The second-order valence-electron chi connectivity index (χ2n) is 4.57. The molecule has 1 nitrogen and oxygen atoms in total. The fraction of sp³-hybridized carbons (Fsp3) is 0.250. The summed E-state index contributed by atoms with van der Waals surface area (Å²) < 4.78 is 27.3. The molecule has 0 heterocycles. The van der Waals surface area contributed by atoms with Gasteiger partial charge in [-0.1, -0.05) is 36.8 Å². The summed E-state index contributed by atoms with van der Waals surface area (Å²) >= 11 is 0. The summed E-state index contributed by atoms with van der Waals surface area (Å²) in [5.41, 5.74) is 2.37. The predicted molar refractivity (Wildman–Crippen MR) is 73.1 cm³/mol. The Morgan fingerprint density at radius 1 is 1.11 bits per heavy atom. The Kier molecular flexibility index (Phi) is 4.27. The molecule has 0 radical (unpaired) electrons. The summed E-state index contributed by atoms with van der Waals surface area (Å²) in [7, 11) is 0. The van der Waals surface area contributed by atoms with E-state index in [0.717, 1.165) is 17.2 Å². The van der Waals surface area contributed by atoms with Crippen LogP contribution >= 0.6 is 0 Å². The lowest BCUT2D eigenvalue weighted by Crippen LogP contribution is -2.23. The minimum Gasteiger partial charge on any atom is -0.306 e. The molecule has 1 unspecified atom stereocenters. The van der Waals surface area contributed by atoms with Crippen LogP contribution in [0.15, 0.2) is 42.5 Å². The highest BCUT2D eigenvalue weighted by Crippen LogP contribution is 2.25. The fourth-order valence-corrected chi connectivity index (χ4v) is 2.20. The second-order valence-corrected chi connectivity index (χ2v) is 4.57. The van der Waals surface area contributed by atoms with Crippen LogP contribution in [0.3, 0.4) is 0 Å². The van der Waals surface area contributed by atoms with Gasteiger partial charge >= 0.3 is 0 Å². The van der Waals surface area contributed by atoms with E-state index in [1.54, 1.807) is 0 Å². The van der Waals surface area contributed by atoms with Crippen LogP contribution in [-0.2, 0) is 0 Å². The van der Waals surface area contributed by atoms with E-state index in [4.69, 9.17) is 0 Å². The molecule has 0 amide bonds. The van der Waals surface area contributed by atoms with E-state index < -0.39 is 11.6 Å². The molecule has 19 heavy (non-hydrogen) atoms. The average molecular weight is 261 g/mol. The van der Waals surface area contributed by atoms with Gasteiger partial charge in [-0.05, 0) is 37.2 Å². The van der Waals surface area contributed by atoms with E-state index in [9.17, 15) is 8.78 Å². The molecule has 0 bridgehead atoms. The van der Waals surface area contributed by atoms with Gasteiger partial charge in [0.05, 0.1) is 6.04 Å². The van der Waals surface area contributed by atoms with Crippen molar-refractivity contribution in [1.82, 2.24) is 5.32 Å². The minimum absolute atomic E-state index is 0.333.